The Morgan fingerprint density at radius 1 is 1.17 bits per heavy atom. The maximum Gasteiger partial charge on any atom is 0.216 e. The van der Waals surface area contributed by atoms with Crippen molar-refractivity contribution < 1.29 is 4.48 Å². The van der Waals surface area contributed by atoms with Gasteiger partial charge in [0.2, 0.25) is 5.82 Å². The maximum atomic E-state index is 12.7. The molecule has 1 aromatic heterocycles. The van der Waals surface area contributed by atoms with Crippen LogP contribution < -0.4 is 0 Å². The van der Waals surface area contributed by atoms with Crippen LogP contribution in [0, 0.1) is 0 Å². The van der Waals surface area contributed by atoms with Crippen LogP contribution in [0.5, 0.6) is 0 Å². The minimum absolute atomic E-state index is 0.121. The van der Waals surface area contributed by atoms with Gasteiger partial charge >= 0.3 is 0 Å². The van der Waals surface area contributed by atoms with Crippen LogP contribution in [0.4, 0.5) is 4.48 Å². The molecule has 0 radical (unpaired) electrons. The van der Waals surface area contributed by atoms with E-state index in [0.29, 0.717) is 5.56 Å². The van der Waals surface area contributed by atoms with Gasteiger partial charge in [0, 0.05) is 5.56 Å². The summed E-state index contributed by atoms with van der Waals surface area (Å²) in [6.07, 6.45) is 0. The Labute approximate surface area is 67.6 Å². The van der Waals surface area contributed by atoms with E-state index in [2.05, 4.69) is 15.5 Å². The molecule has 2 rings (SSSR count). The number of hydrogen-bond donors (Lipinski definition) is 0. The van der Waals surface area contributed by atoms with Crippen molar-refractivity contribution in [2.24, 2.45) is 0 Å². The molecule has 12 heavy (non-hydrogen) atoms. The Morgan fingerprint density at radius 3 is 2.50 bits per heavy atom. The number of benzene rings is 1. The van der Waals surface area contributed by atoms with E-state index in [9.17, 15) is 4.48 Å². The van der Waals surface area contributed by atoms with E-state index in [4.69, 9.17) is 0 Å². The smallest absolute Gasteiger partial charge is 0.105 e. The summed E-state index contributed by atoms with van der Waals surface area (Å²) in [5.74, 6) is 0.121. The minimum atomic E-state index is 0.121. The Morgan fingerprint density at radius 2 is 1.92 bits per heavy atom. The second kappa shape index (κ2) is 2.69. The van der Waals surface area contributed by atoms with Crippen LogP contribution in [0.1, 0.15) is 0 Å². The van der Waals surface area contributed by atoms with Crippen LogP contribution in [-0.2, 0) is 0 Å². The third-order valence-electron chi connectivity index (χ3n) is 1.46. The van der Waals surface area contributed by atoms with Gasteiger partial charge in [-0.15, -0.1) is 5.10 Å². The summed E-state index contributed by atoms with van der Waals surface area (Å²) in [5.41, 5.74) is 0.657. The number of nitrogens with zero attached hydrogens (tertiary/aromatic N) is 4. The highest BCUT2D eigenvalue weighted by Gasteiger charge is 2.06. The standard InChI is InChI=1S/C7H5FN4/c8-12-7(9-10-11-12)6-4-2-1-3-5-6/h1-5H. The van der Waals surface area contributed by atoms with Gasteiger partial charge in [0.15, 0.2) is 0 Å². The zero-order chi connectivity index (χ0) is 8.39. The summed E-state index contributed by atoms with van der Waals surface area (Å²) in [4.78, 5) is 0.148. The van der Waals surface area contributed by atoms with Gasteiger partial charge in [0.1, 0.15) is 0 Å². The molecule has 2 aromatic rings. The van der Waals surface area contributed by atoms with E-state index >= 15 is 0 Å². The van der Waals surface area contributed by atoms with Gasteiger partial charge in [0.25, 0.3) is 0 Å². The lowest BCUT2D eigenvalue weighted by atomic mass is 10.2. The lowest BCUT2D eigenvalue weighted by molar-refractivity contribution is 0.311. The van der Waals surface area contributed by atoms with Crippen LogP contribution in [0.15, 0.2) is 30.3 Å². The molecule has 0 aliphatic rings. The summed E-state index contributed by atoms with van der Waals surface area (Å²) in [7, 11) is 0. The molecule has 1 aromatic carbocycles. The molecule has 0 unspecified atom stereocenters. The van der Waals surface area contributed by atoms with Gasteiger partial charge < -0.3 is 0 Å². The fourth-order valence-electron chi connectivity index (χ4n) is 0.928. The van der Waals surface area contributed by atoms with Crippen molar-refractivity contribution >= 4 is 0 Å². The van der Waals surface area contributed by atoms with Gasteiger partial charge in [-0.05, 0) is 10.4 Å². The van der Waals surface area contributed by atoms with E-state index in [0.717, 1.165) is 0 Å². The lowest BCUT2D eigenvalue weighted by Gasteiger charge is -1.92. The van der Waals surface area contributed by atoms with Crippen LogP contribution >= 0.6 is 0 Å². The van der Waals surface area contributed by atoms with Gasteiger partial charge in [-0.25, -0.2) is 0 Å². The molecule has 0 amide bonds. The number of hydrogen-bond acceptors (Lipinski definition) is 3. The van der Waals surface area contributed by atoms with Gasteiger partial charge in [-0.3, -0.25) is 0 Å². The quantitative estimate of drug-likeness (QED) is 0.633. The number of aromatic nitrogens is 4. The summed E-state index contributed by atoms with van der Waals surface area (Å²) < 4.78 is 12.7. The molecule has 5 heteroatoms. The second-order valence-electron chi connectivity index (χ2n) is 2.23. The first-order chi connectivity index (χ1) is 5.88. The zero-order valence-corrected chi connectivity index (χ0v) is 6.05. The Balaban J connectivity index is 2.51. The summed E-state index contributed by atoms with van der Waals surface area (Å²) in [6.45, 7) is 0. The van der Waals surface area contributed by atoms with Crippen molar-refractivity contribution in [3.8, 4) is 11.4 Å². The number of tetrazole rings is 1. The van der Waals surface area contributed by atoms with E-state index < -0.39 is 0 Å². The topological polar surface area (TPSA) is 43.6 Å². The monoisotopic (exact) mass is 164 g/mol. The first-order valence-corrected chi connectivity index (χ1v) is 3.38. The molecular formula is C7H5FN4. The average molecular weight is 164 g/mol. The predicted octanol–water partition coefficient (Wildman–Crippen LogP) is 1.07. The first-order valence-electron chi connectivity index (χ1n) is 3.38. The van der Waals surface area contributed by atoms with E-state index in [-0.39, 0.29) is 10.7 Å². The third kappa shape index (κ3) is 1.05. The molecule has 1 heterocycles. The van der Waals surface area contributed by atoms with E-state index in [1.54, 1.807) is 24.3 Å². The van der Waals surface area contributed by atoms with Crippen molar-refractivity contribution in [3.05, 3.63) is 30.3 Å². The molecule has 0 N–H and O–H groups in total. The molecule has 60 valence electrons. The maximum absolute atomic E-state index is 12.7. The summed E-state index contributed by atoms with van der Waals surface area (Å²) in [5, 5.41) is 9.78. The van der Waals surface area contributed by atoms with Crippen molar-refractivity contribution in [3.63, 3.8) is 0 Å². The largest absolute Gasteiger partial charge is 0.216 e. The number of rotatable bonds is 1. The first kappa shape index (κ1) is 6.90. The molecule has 0 aliphatic heterocycles. The lowest BCUT2D eigenvalue weighted by Crippen LogP contribution is -1.88. The Kier molecular flexibility index (Phi) is 1.55. The van der Waals surface area contributed by atoms with E-state index in [1.807, 2.05) is 6.07 Å². The molecule has 0 atom stereocenters. The predicted molar refractivity (Wildman–Crippen MR) is 39.8 cm³/mol. The van der Waals surface area contributed by atoms with Crippen molar-refractivity contribution in [2.75, 3.05) is 0 Å². The van der Waals surface area contributed by atoms with Crippen LogP contribution in [0.25, 0.3) is 11.4 Å². The summed E-state index contributed by atoms with van der Waals surface area (Å²) in [6, 6.07) is 8.91. The highest BCUT2D eigenvalue weighted by atomic mass is 19.2. The normalized spacial score (nSPS) is 10.1. The zero-order valence-electron chi connectivity index (χ0n) is 6.05. The molecule has 0 fully saturated rings. The highest BCUT2D eigenvalue weighted by Crippen LogP contribution is 2.13. The Hall–Kier alpha value is -1.78. The average Bonchev–Trinajstić information content (AvgIpc) is 2.53. The van der Waals surface area contributed by atoms with Crippen LogP contribution in [-0.4, -0.2) is 20.4 Å². The van der Waals surface area contributed by atoms with Crippen LogP contribution in [0.2, 0.25) is 0 Å². The number of halogens is 1. The fourth-order valence-corrected chi connectivity index (χ4v) is 0.928. The van der Waals surface area contributed by atoms with Gasteiger partial charge in [-0.2, -0.15) is 0 Å². The van der Waals surface area contributed by atoms with Gasteiger partial charge in [0.05, 0.1) is 0 Å². The third-order valence-corrected chi connectivity index (χ3v) is 1.46. The molecule has 0 aliphatic carbocycles. The van der Waals surface area contributed by atoms with Crippen molar-refractivity contribution in [2.45, 2.75) is 0 Å². The molecule has 0 saturated heterocycles. The molecule has 0 bridgehead atoms. The SMILES string of the molecule is Fn1nnnc1-c1ccccc1. The van der Waals surface area contributed by atoms with E-state index in [1.165, 1.54) is 0 Å². The van der Waals surface area contributed by atoms with Crippen molar-refractivity contribution in [1.29, 1.82) is 0 Å². The molecule has 0 spiro atoms. The molecule has 4 nitrogen and oxygen atoms in total. The molecule has 0 saturated carbocycles. The second-order valence-corrected chi connectivity index (χ2v) is 2.23. The van der Waals surface area contributed by atoms with Crippen LogP contribution in [0.3, 0.4) is 0 Å². The van der Waals surface area contributed by atoms with Gasteiger partial charge in [-0.1, -0.05) is 39.7 Å². The minimum Gasteiger partial charge on any atom is -0.105 e. The Bertz CT molecular complexity index is 370. The fraction of sp³-hybridized carbons (Fsp3) is 0. The molecular weight excluding hydrogens is 159 g/mol. The van der Waals surface area contributed by atoms with Crippen molar-refractivity contribution in [1.82, 2.24) is 20.4 Å². The highest BCUT2D eigenvalue weighted by molar-refractivity contribution is 5.53. The summed E-state index contributed by atoms with van der Waals surface area (Å²) >= 11 is 0.